The van der Waals surface area contributed by atoms with Crippen molar-refractivity contribution in [2.24, 2.45) is 5.73 Å². The third-order valence-corrected chi connectivity index (χ3v) is 5.49. The van der Waals surface area contributed by atoms with E-state index in [0.29, 0.717) is 30.6 Å². The van der Waals surface area contributed by atoms with Gasteiger partial charge in [-0.15, -0.1) is 10.2 Å². The molecule has 1 saturated heterocycles. The van der Waals surface area contributed by atoms with Crippen LogP contribution in [0.5, 0.6) is 0 Å². The van der Waals surface area contributed by atoms with Gasteiger partial charge in [-0.2, -0.15) is 13.2 Å². The second-order valence-corrected chi connectivity index (χ2v) is 7.50. The summed E-state index contributed by atoms with van der Waals surface area (Å²) >= 11 is 1.19. The fourth-order valence-electron chi connectivity index (χ4n) is 3.09. The number of halogens is 3. The topological polar surface area (TPSA) is 83.0 Å². The molecule has 1 amide bonds. The van der Waals surface area contributed by atoms with Gasteiger partial charge < -0.3 is 15.0 Å². The van der Waals surface area contributed by atoms with Gasteiger partial charge in [0.25, 0.3) is 0 Å². The van der Waals surface area contributed by atoms with Crippen LogP contribution in [0.25, 0.3) is 0 Å². The Bertz CT molecular complexity index is 819. The number of nitrogens with two attached hydrogens (primary N) is 1. The Morgan fingerprint density at radius 3 is 2.79 bits per heavy atom. The van der Waals surface area contributed by atoms with E-state index in [0.717, 1.165) is 18.9 Å². The molecule has 1 aliphatic rings. The molecule has 2 N–H and O–H groups in total. The predicted octanol–water partition coefficient (Wildman–Crippen LogP) is 3.19. The van der Waals surface area contributed by atoms with Gasteiger partial charge in [0.1, 0.15) is 5.82 Å². The summed E-state index contributed by atoms with van der Waals surface area (Å²) in [6.45, 7) is 1.19. The van der Waals surface area contributed by atoms with Crippen molar-refractivity contribution < 1.29 is 22.7 Å². The molecule has 1 aliphatic heterocycles. The first kappa shape index (κ1) is 20.7. The van der Waals surface area contributed by atoms with Crippen molar-refractivity contribution in [3.8, 4) is 0 Å². The van der Waals surface area contributed by atoms with Gasteiger partial charge in [-0.05, 0) is 24.5 Å². The van der Waals surface area contributed by atoms with Crippen LogP contribution in [0.15, 0.2) is 29.4 Å². The molecule has 10 heteroatoms. The molecule has 0 bridgehead atoms. The maximum Gasteiger partial charge on any atom is 0.416 e. The first-order valence-corrected chi connectivity index (χ1v) is 9.93. The molecule has 1 fully saturated rings. The Morgan fingerprint density at radius 2 is 2.11 bits per heavy atom. The first-order valence-electron chi connectivity index (χ1n) is 8.94. The molecule has 152 valence electrons. The third kappa shape index (κ3) is 5.26. The Labute approximate surface area is 164 Å². The summed E-state index contributed by atoms with van der Waals surface area (Å²) in [4.78, 5) is 11.1. The smallest absolute Gasteiger partial charge is 0.376 e. The summed E-state index contributed by atoms with van der Waals surface area (Å²) in [5.74, 6) is 0.246. The quantitative estimate of drug-likeness (QED) is 0.671. The number of rotatable bonds is 8. The van der Waals surface area contributed by atoms with Crippen molar-refractivity contribution in [3.05, 3.63) is 41.2 Å². The van der Waals surface area contributed by atoms with E-state index in [1.165, 1.54) is 23.9 Å². The number of aryl methyl sites for hydroxylation is 1. The zero-order chi connectivity index (χ0) is 20.1. The lowest BCUT2D eigenvalue weighted by molar-refractivity contribution is -0.138. The highest BCUT2D eigenvalue weighted by atomic mass is 32.2. The molecule has 0 radical (unpaired) electrons. The number of nitrogens with zero attached hydrogens (tertiary/aromatic N) is 3. The van der Waals surface area contributed by atoms with Gasteiger partial charge in [-0.3, -0.25) is 4.79 Å². The highest BCUT2D eigenvalue weighted by molar-refractivity contribution is 7.98. The van der Waals surface area contributed by atoms with Crippen LogP contribution in [0.3, 0.4) is 0 Å². The van der Waals surface area contributed by atoms with E-state index in [-0.39, 0.29) is 23.8 Å². The van der Waals surface area contributed by atoms with Gasteiger partial charge in [0, 0.05) is 25.2 Å². The summed E-state index contributed by atoms with van der Waals surface area (Å²) in [5, 5.41) is 8.76. The number of benzene rings is 1. The number of amides is 1. The Hall–Kier alpha value is -2.07. The Balaban J connectivity index is 1.78. The first-order chi connectivity index (χ1) is 13.3. The lowest BCUT2D eigenvalue weighted by atomic mass is 10.1. The van der Waals surface area contributed by atoms with Crippen molar-refractivity contribution in [3.63, 3.8) is 0 Å². The van der Waals surface area contributed by atoms with Crippen molar-refractivity contribution in [1.82, 2.24) is 14.8 Å². The maximum absolute atomic E-state index is 13.2. The van der Waals surface area contributed by atoms with E-state index in [4.69, 9.17) is 10.5 Å². The molecular weight excluding hydrogens is 393 g/mol. The standard InChI is InChI=1S/C18H21F3N4O2S/c19-18(20,21)14-6-2-1-4-12(14)11-28-17-24-23-16(8-7-15(22)26)25(17)10-13-5-3-9-27-13/h1-2,4,6,13H,3,5,7-11H2,(H2,22,26). The van der Waals surface area contributed by atoms with Crippen molar-refractivity contribution in [1.29, 1.82) is 0 Å². The molecule has 1 atom stereocenters. The van der Waals surface area contributed by atoms with Gasteiger partial charge in [0.2, 0.25) is 5.91 Å². The Kier molecular flexibility index (Phi) is 6.61. The van der Waals surface area contributed by atoms with Crippen molar-refractivity contribution in [2.45, 2.75) is 55.4 Å². The summed E-state index contributed by atoms with van der Waals surface area (Å²) in [7, 11) is 0. The van der Waals surface area contributed by atoms with E-state index in [2.05, 4.69) is 10.2 Å². The highest BCUT2D eigenvalue weighted by Crippen LogP contribution is 2.34. The molecule has 0 aliphatic carbocycles. The minimum absolute atomic E-state index is 0.00476. The number of carbonyl (C=O) groups excluding carboxylic acids is 1. The van der Waals surface area contributed by atoms with Gasteiger partial charge in [0.15, 0.2) is 5.16 Å². The van der Waals surface area contributed by atoms with Crippen LogP contribution in [-0.2, 0) is 34.4 Å². The monoisotopic (exact) mass is 414 g/mol. The average molecular weight is 414 g/mol. The summed E-state index contributed by atoms with van der Waals surface area (Å²) in [5.41, 5.74) is 4.75. The zero-order valence-electron chi connectivity index (χ0n) is 15.1. The molecule has 2 heterocycles. The fraction of sp³-hybridized carbons (Fsp3) is 0.500. The Morgan fingerprint density at radius 1 is 1.32 bits per heavy atom. The molecule has 6 nitrogen and oxygen atoms in total. The second kappa shape index (κ2) is 8.95. The minimum Gasteiger partial charge on any atom is -0.376 e. The molecular formula is C18H21F3N4O2S. The summed E-state index contributed by atoms with van der Waals surface area (Å²) < 4.78 is 47.1. The van der Waals surface area contributed by atoms with Crippen LogP contribution >= 0.6 is 11.8 Å². The number of primary amides is 1. The van der Waals surface area contributed by atoms with Gasteiger partial charge in [-0.25, -0.2) is 0 Å². The fourth-order valence-corrected chi connectivity index (χ4v) is 4.06. The maximum atomic E-state index is 13.2. The van der Waals surface area contributed by atoms with Crippen molar-refractivity contribution in [2.75, 3.05) is 6.61 Å². The van der Waals surface area contributed by atoms with Gasteiger partial charge in [0.05, 0.1) is 18.2 Å². The van der Waals surface area contributed by atoms with Gasteiger partial charge in [-0.1, -0.05) is 30.0 Å². The number of carbonyl (C=O) groups is 1. The van der Waals surface area contributed by atoms with Crippen LogP contribution < -0.4 is 5.73 Å². The number of thioether (sulfide) groups is 1. The third-order valence-electron chi connectivity index (χ3n) is 4.48. The number of ether oxygens (including phenoxy) is 1. The summed E-state index contributed by atoms with van der Waals surface area (Å²) in [6, 6.07) is 5.50. The van der Waals surface area contributed by atoms with E-state index in [1.54, 1.807) is 6.07 Å². The summed E-state index contributed by atoms with van der Waals surface area (Å²) in [6.07, 6.45) is -2.08. The highest BCUT2D eigenvalue weighted by Gasteiger charge is 2.33. The normalized spacial score (nSPS) is 17.2. The molecule has 0 spiro atoms. The van der Waals surface area contributed by atoms with Crippen LogP contribution in [0.4, 0.5) is 13.2 Å². The zero-order valence-corrected chi connectivity index (χ0v) is 15.9. The predicted molar refractivity (Wildman–Crippen MR) is 97.5 cm³/mol. The lowest BCUT2D eigenvalue weighted by Crippen LogP contribution is -2.19. The largest absolute Gasteiger partial charge is 0.416 e. The SMILES string of the molecule is NC(=O)CCc1nnc(SCc2ccccc2C(F)(F)F)n1CC1CCCO1. The minimum atomic E-state index is -4.41. The number of aromatic nitrogens is 3. The molecule has 1 unspecified atom stereocenters. The molecule has 0 saturated carbocycles. The molecule has 2 aromatic rings. The van der Waals surface area contributed by atoms with Crippen LogP contribution in [0.2, 0.25) is 0 Å². The number of alkyl halides is 3. The van der Waals surface area contributed by atoms with Crippen LogP contribution in [0, 0.1) is 0 Å². The average Bonchev–Trinajstić information content (AvgIpc) is 3.28. The van der Waals surface area contributed by atoms with E-state index < -0.39 is 17.6 Å². The molecule has 1 aromatic carbocycles. The van der Waals surface area contributed by atoms with Crippen LogP contribution in [-0.4, -0.2) is 33.4 Å². The van der Waals surface area contributed by atoms with E-state index in [1.807, 2.05) is 4.57 Å². The van der Waals surface area contributed by atoms with Crippen LogP contribution in [0.1, 0.15) is 36.2 Å². The molecule has 3 rings (SSSR count). The van der Waals surface area contributed by atoms with E-state index >= 15 is 0 Å². The number of hydrogen-bond donors (Lipinski definition) is 1. The van der Waals surface area contributed by atoms with E-state index in [9.17, 15) is 18.0 Å². The molecule has 28 heavy (non-hydrogen) atoms. The van der Waals surface area contributed by atoms with Gasteiger partial charge >= 0.3 is 6.18 Å². The number of hydrogen-bond acceptors (Lipinski definition) is 5. The molecule has 1 aromatic heterocycles. The second-order valence-electron chi connectivity index (χ2n) is 6.55. The lowest BCUT2D eigenvalue weighted by Gasteiger charge is -2.15. The van der Waals surface area contributed by atoms with Crippen molar-refractivity contribution >= 4 is 17.7 Å².